The standard InChI is InChI=1S/C10H10BrClF2N2O/c11-8-3-6(12)1-2-7(8)9(17)16-5-10(13,14)4-15/h1-3H,4-5,15H2,(H,16,17). The van der Waals surface area contributed by atoms with Crippen LogP contribution in [0.15, 0.2) is 22.7 Å². The lowest BCUT2D eigenvalue weighted by atomic mass is 10.2. The highest BCUT2D eigenvalue weighted by molar-refractivity contribution is 9.10. The molecule has 0 fully saturated rings. The molecule has 0 saturated heterocycles. The Balaban J connectivity index is 2.71. The number of carbonyl (C=O) groups is 1. The predicted octanol–water partition coefficient (Wildman–Crippen LogP) is 2.43. The van der Waals surface area contributed by atoms with Crippen molar-refractivity contribution < 1.29 is 13.6 Å². The number of carbonyl (C=O) groups excluding carboxylic acids is 1. The maximum Gasteiger partial charge on any atom is 0.277 e. The number of hydrogen-bond acceptors (Lipinski definition) is 2. The summed E-state index contributed by atoms with van der Waals surface area (Å²) in [4.78, 5) is 11.6. The van der Waals surface area contributed by atoms with E-state index in [1.807, 2.05) is 0 Å². The van der Waals surface area contributed by atoms with Crippen LogP contribution >= 0.6 is 27.5 Å². The first-order valence-electron chi connectivity index (χ1n) is 4.67. The van der Waals surface area contributed by atoms with Gasteiger partial charge in [-0.05, 0) is 34.1 Å². The molecule has 1 aromatic carbocycles. The van der Waals surface area contributed by atoms with Gasteiger partial charge in [-0.3, -0.25) is 4.79 Å². The van der Waals surface area contributed by atoms with Gasteiger partial charge in [0.2, 0.25) is 0 Å². The number of alkyl halides is 2. The summed E-state index contributed by atoms with van der Waals surface area (Å²) in [5, 5.41) is 2.55. The van der Waals surface area contributed by atoms with Crippen molar-refractivity contribution in [3.8, 4) is 0 Å². The van der Waals surface area contributed by atoms with E-state index in [0.29, 0.717) is 9.50 Å². The molecular formula is C10H10BrClF2N2O. The van der Waals surface area contributed by atoms with E-state index in [1.165, 1.54) is 18.2 Å². The molecule has 0 heterocycles. The van der Waals surface area contributed by atoms with Crippen LogP contribution in [-0.4, -0.2) is 24.9 Å². The van der Waals surface area contributed by atoms with Crippen LogP contribution in [0.4, 0.5) is 8.78 Å². The fraction of sp³-hybridized carbons (Fsp3) is 0.300. The van der Waals surface area contributed by atoms with E-state index >= 15 is 0 Å². The molecule has 0 bridgehead atoms. The molecule has 0 aliphatic heterocycles. The zero-order valence-corrected chi connectivity index (χ0v) is 11.0. The summed E-state index contributed by atoms with van der Waals surface area (Å²) in [5.74, 6) is -3.71. The molecule has 0 saturated carbocycles. The zero-order valence-electron chi connectivity index (χ0n) is 8.64. The van der Waals surface area contributed by atoms with Gasteiger partial charge in [0.1, 0.15) is 0 Å². The van der Waals surface area contributed by atoms with Crippen molar-refractivity contribution in [2.24, 2.45) is 5.73 Å². The fourth-order valence-electron chi connectivity index (χ4n) is 1.05. The first-order chi connectivity index (χ1) is 7.85. The highest BCUT2D eigenvalue weighted by Gasteiger charge is 2.27. The minimum atomic E-state index is -3.10. The summed E-state index contributed by atoms with van der Waals surface area (Å²) in [5.41, 5.74) is 5.09. The lowest BCUT2D eigenvalue weighted by Crippen LogP contribution is -2.41. The lowest BCUT2D eigenvalue weighted by Gasteiger charge is -2.14. The normalized spacial score (nSPS) is 11.4. The molecule has 7 heteroatoms. The molecule has 0 aliphatic carbocycles. The SMILES string of the molecule is NCC(F)(F)CNC(=O)c1ccc(Cl)cc1Br. The van der Waals surface area contributed by atoms with Crippen molar-refractivity contribution in [3.63, 3.8) is 0 Å². The van der Waals surface area contributed by atoms with E-state index in [0.717, 1.165) is 0 Å². The van der Waals surface area contributed by atoms with Gasteiger partial charge in [0, 0.05) is 9.50 Å². The Morgan fingerprint density at radius 1 is 1.53 bits per heavy atom. The Morgan fingerprint density at radius 3 is 2.71 bits per heavy atom. The molecule has 0 radical (unpaired) electrons. The van der Waals surface area contributed by atoms with Gasteiger partial charge in [-0.2, -0.15) is 0 Å². The van der Waals surface area contributed by atoms with E-state index in [2.05, 4.69) is 21.2 Å². The minimum Gasteiger partial charge on any atom is -0.346 e. The monoisotopic (exact) mass is 326 g/mol. The van der Waals surface area contributed by atoms with Crippen molar-refractivity contribution in [1.29, 1.82) is 0 Å². The minimum absolute atomic E-state index is 0.238. The summed E-state index contributed by atoms with van der Waals surface area (Å²) in [6, 6.07) is 4.46. The van der Waals surface area contributed by atoms with E-state index < -0.39 is 24.9 Å². The van der Waals surface area contributed by atoms with Crippen LogP contribution in [0.1, 0.15) is 10.4 Å². The second kappa shape index (κ2) is 5.75. The van der Waals surface area contributed by atoms with Crippen LogP contribution in [0.3, 0.4) is 0 Å². The van der Waals surface area contributed by atoms with E-state index in [9.17, 15) is 13.6 Å². The zero-order chi connectivity index (χ0) is 13.1. The summed E-state index contributed by atoms with van der Waals surface area (Å²) in [6.07, 6.45) is 0. The van der Waals surface area contributed by atoms with Gasteiger partial charge in [0.15, 0.2) is 0 Å². The van der Waals surface area contributed by atoms with Crippen LogP contribution in [0.25, 0.3) is 0 Å². The quantitative estimate of drug-likeness (QED) is 0.892. The first-order valence-corrected chi connectivity index (χ1v) is 5.84. The maximum atomic E-state index is 12.8. The van der Waals surface area contributed by atoms with Crippen LogP contribution in [-0.2, 0) is 0 Å². The molecule has 1 aromatic rings. The van der Waals surface area contributed by atoms with Gasteiger partial charge < -0.3 is 11.1 Å². The number of halogens is 4. The second-order valence-corrected chi connectivity index (χ2v) is 4.66. The highest BCUT2D eigenvalue weighted by atomic mass is 79.9. The number of rotatable bonds is 4. The van der Waals surface area contributed by atoms with E-state index in [4.69, 9.17) is 17.3 Å². The second-order valence-electron chi connectivity index (χ2n) is 3.37. The topological polar surface area (TPSA) is 55.1 Å². The summed E-state index contributed by atoms with van der Waals surface area (Å²) in [6.45, 7) is -1.60. The Hall–Kier alpha value is -0.720. The van der Waals surface area contributed by atoms with Crippen LogP contribution < -0.4 is 11.1 Å². The van der Waals surface area contributed by atoms with Crippen molar-refractivity contribution in [1.82, 2.24) is 5.32 Å². The highest BCUT2D eigenvalue weighted by Crippen LogP contribution is 2.21. The third-order valence-electron chi connectivity index (χ3n) is 1.98. The third-order valence-corrected chi connectivity index (χ3v) is 2.87. The Morgan fingerprint density at radius 2 is 2.18 bits per heavy atom. The van der Waals surface area contributed by atoms with Crippen molar-refractivity contribution in [2.45, 2.75) is 5.92 Å². The molecular weight excluding hydrogens is 317 g/mol. The lowest BCUT2D eigenvalue weighted by molar-refractivity contribution is 0.0118. The molecule has 0 aliphatic rings. The molecule has 3 N–H and O–H groups in total. The molecule has 0 unspecified atom stereocenters. The van der Waals surface area contributed by atoms with Crippen LogP contribution in [0.5, 0.6) is 0 Å². The van der Waals surface area contributed by atoms with Gasteiger partial charge >= 0.3 is 0 Å². The van der Waals surface area contributed by atoms with Crippen molar-refractivity contribution >= 4 is 33.4 Å². The molecule has 3 nitrogen and oxygen atoms in total. The van der Waals surface area contributed by atoms with Gasteiger partial charge in [-0.15, -0.1) is 0 Å². The summed E-state index contributed by atoms with van der Waals surface area (Å²) < 4.78 is 26.1. The summed E-state index contributed by atoms with van der Waals surface area (Å²) >= 11 is 8.82. The number of benzene rings is 1. The van der Waals surface area contributed by atoms with E-state index in [-0.39, 0.29) is 5.56 Å². The van der Waals surface area contributed by atoms with Gasteiger partial charge in [0.25, 0.3) is 11.8 Å². The van der Waals surface area contributed by atoms with E-state index in [1.54, 1.807) is 0 Å². The number of nitrogens with one attached hydrogen (secondary N) is 1. The van der Waals surface area contributed by atoms with Crippen molar-refractivity contribution in [2.75, 3.05) is 13.1 Å². The fourth-order valence-corrected chi connectivity index (χ4v) is 1.91. The molecule has 0 aromatic heterocycles. The Bertz CT molecular complexity index is 429. The summed E-state index contributed by atoms with van der Waals surface area (Å²) in [7, 11) is 0. The van der Waals surface area contributed by atoms with Crippen LogP contribution in [0.2, 0.25) is 5.02 Å². The number of nitrogens with two attached hydrogens (primary N) is 1. The maximum absolute atomic E-state index is 12.8. The van der Waals surface area contributed by atoms with Crippen LogP contribution in [0, 0.1) is 0 Å². The average Bonchev–Trinajstić information content (AvgIpc) is 2.26. The van der Waals surface area contributed by atoms with Gasteiger partial charge in [0.05, 0.1) is 18.7 Å². The van der Waals surface area contributed by atoms with Gasteiger partial charge in [-0.25, -0.2) is 8.78 Å². The average molecular weight is 328 g/mol. The Labute approximate surface area is 110 Å². The molecule has 1 amide bonds. The smallest absolute Gasteiger partial charge is 0.277 e. The predicted molar refractivity (Wildman–Crippen MR) is 65.5 cm³/mol. The first kappa shape index (κ1) is 14.3. The molecule has 94 valence electrons. The van der Waals surface area contributed by atoms with Crippen molar-refractivity contribution in [3.05, 3.63) is 33.3 Å². The molecule has 0 atom stereocenters. The van der Waals surface area contributed by atoms with Gasteiger partial charge in [-0.1, -0.05) is 11.6 Å². The molecule has 1 rings (SSSR count). The molecule has 17 heavy (non-hydrogen) atoms. The third kappa shape index (κ3) is 4.22. The molecule has 0 spiro atoms. The Kier molecular flexibility index (Phi) is 4.85. The largest absolute Gasteiger partial charge is 0.346 e. The number of hydrogen-bond donors (Lipinski definition) is 2. The number of amides is 1.